The molecule has 0 saturated carbocycles. The molecule has 0 heterocycles. The summed E-state index contributed by atoms with van der Waals surface area (Å²) in [5, 5.41) is 9.40. The molecular formula is C12H25NO7S. The van der Waals surface area contributed by atoms with E-state index in [9.17, 15) is 18.3 Å². The number of aliphatic hydroxyl groups is 1. The Bertz CT molecular complexity index is 419. The zero-order valence-electron chi connectivity index (χ0n) is 12.7. The van der Waals surface area contributed by atoms with E-state index in [0.29, 0.717) is 0 Å². The highest BCUT2D eigenvalue weighted by Gasteiger charge is 2.17. The van der Waals surface area contributed by atoms with E-state index in [-0.39, 0.29) is 43.9 Å². The van der Waals surface area contributed by atoms with E-state index < -0.39 is 22.5 Å². The van der Waals surface area contributed by atoms with E-state index in [4.69, 9.17) is 4.74 Å². The van der Waals surface area contributed by atoms with Gasteiger partial charge in [-0.15, -0.1) is 0 Å². The second-order valence-corrected chi connectivity index (χ2v) is 5.88. The Morgan fingerprint density at radius 2 is 1.81 bits per heavy atom. The molecule has 0 aromatic carbocycles. The van der Waals surface area contributed by atoms with Crippen molar-refractivity contribution in [2.45, 2.75) is 33.3 Å². The molecule has 0 aliphatic heterocycles. The van der Waals surface area contributed by atoms with Gasteiger partial charge in [-0.05, 0) is 12.8 Å². The summed E-state index contributed by atoms with van der Waals surface area (Å²) in [6.07, 6.45) is -0.682. The van der Waals surface area contributed by atoms with Gasteiger partial charge in [0.1, 0.15) is 0 Å². The lowest BCUT2D eigenvalue weighted by Crippen LogP contribution is -2.24. The first-order valence-electron chi connectivity index (χ1n) is 6.20. The van der Waals surface area contributed by atoms with Gasteiger partial charge < -0.3 is 16.0 Å². The minimum absolute atomic E-state index is 0. The van der Waals surface area contributed by atoms with Gasteiger partial charge in [0, 0.05) is 12.0 Å². The smallest absolute Gasteiger partial charge is 0.399 e. The predicted molar refractivity (Wildman–Crippen MR) is 77.1 cm³/mol. The summed E-state index contributed by atoms with van der Waals surface area (Å²) in [6, 6.07) is 0. The molecule has 0 aromatic heterocycles. The Hall–Kier alpha value is -1.00. The lowest BCUT2D eigenvalue weighted by Gasteiger charge is -2.14. The third kappa shape index (κ3) is 11.3. The molecule has 0 amide bonds. The molecule has 1 unspecified atom stereocenters. The van der Waals surface area contributed by atoms with Crippen LogP contribution in [0.1, 0.15) is 27.2 Å². The van der Waals surface area contributed by atoms with Crippen LogP contribution in [0.4, 0.5) is 0 Å². The van der Waals surface area contributed by atoms with Gasteiger partial charge in [0.05, 0.1) is 25.9 Å². The quantitative estimate of drug-likeness (QED) is 0.344. The van der Waals surface area contributed by atoms with E-state index >= 15 is 0 Å². The van der Waals surface area contributed by atoms with Gasteiger partial charge in [0.2, 0.25) is 0 Å². The molecule has 0 radical (unpaired) electrons. The van der Waals surface area contributed by atoms with E-state index in [1.54, 1.807) is 13.8 Å². The molecule has 0 bridgehead atoms. The molecule has 8 nitrogen and oxygen atoms in total. The minimum Gasteiger partial charge on any atom is -0.462 e. The monoisotopic (exact) mass is 327 g/mol. The van der Waals surface area contributed by atoms with Gasteiger partial charge in [-0.2, -0.15) is 8.42 Å². The number of hydrogen-bond acceptors (Lipinski definition) is 8. The van der Waals surface area contributed by atoms with Gasteiger partial charge >= 0.3 is 16.4 Å². The highest BCUT2D eigenvalue weighted by atomic mass is 32.3. The van der Waals surface area contributed by atoms with Crippen molar-refractivity contribution in [1.82, 2.24) is 6.15 Å². The van der Waals surface area contributed by atoms with Crippen LogP contribution in [0, 0.1) is 5.92 Å². The molecule has 0 saturated heterocycles. The second kappa shape index (κ2) is 10.7. The average Bonchev–Trinajstić information content (AvgIpc) is 2.34. The second-order valence-electron chi connectivity index (χ2n) is 4.60. The number of aliphatic hydroxyl groups excluding tert-OH is 1. The largest absolute Gasteiger partial charge is 0.462 e. The number of rotatable bonds is 10. The van der Waals surface area contributed by atoms with Crippen molar-refractivity contribution < 1.29 is 31.4 Å². The maximum absolute atomic E-state index is 11.3. The Morgan fingerprint density at radius 1 is 1.24 bits per heavy atom. The standard InChI is InChI=1S/C12H22O7S.H3N/c1-9(2)11(13)8-19-20(15,16)18-7-5-6-17-12(14)10(3)4;/h9,11,13H,3,5-8H2,1-2,4H3;1H3. The maximum Gasteiger partial charge on any atom is 0.399 e. The molecule has 0 fully saturated rings. The maximum atomic E-state index is 11.3. The minimum atomic E-state index is -4.15. The van der Waals surface area contributed by atoms with Crippen LogP contribution in [0.5, 0.6) is 0 Å². The SMILES string of the molecule is C=C(C)C(=O)OCCCOS(=O)(=O)OCC(O)C(C)C.N. The summed E-state index contributed by atoms with van der Waals surface area (Å²) in [4.78, 5) is 11.0. The Morgan fingerprint density at radius 3 is 2.29 bits per heavy atom. The highest BCUT2D eigenvalue weighted by Crippen LogP contribution is 2.05. The topological polar surface area (TPSA) is 134 Å². The van der Waals surface area contributed by atoms with Gasteiger partial charge in [-0.3, -0.25) is 0 Å². The van der Waals surface area contributed by atoms with Gasteiger partial charge in [0.15, 0.2) is 0 Å². The number of hydrogen-bond donors (Lipinski definition) is 2. The summed E-state index contributed by atoms with van der Waals surface area (Å²) in [6.45, 7) is 7.87. The fourth-order valence-corrected chi connectivity index (χ4v) is 1.58. The van der Waals surface area contributed by atoms with Crippen molar-refractivity contribution in [3.63, 3.8) is 0 Å². The lowest BCUT2D eigenvalue weighted by molar-refractivity contribution is -0.139. The van der Waals surface area contributed by atoms with Crippen LogP contribution in [0.25, 0.3) is 0 Å². The third-order valence-corrected chi connectivity index (χ3v) is 3.13. The van der Waals surface area contributed by atoms with Crippen molar-refractivity contribution in [2.24, 2.45) is 5.92 Å². The van der Waals surface area contributed by atoms with Crippen LogP contribution in [0.2, 0.25) is 0 Å². The van der Waals surface area contributed by atoms with E-state index in [1.807, 2.05) is 0 Å². The molecule has 1 atom stereocenters. The molecule has 21 heavy (non-hydrogen) atoms. The fourth-order valence-electron chi connectivity index (χ4n) is 0.887. The molecule has 4 N–H and O–H groups in total. The van der Waals surface area contributed by atoms with Crippen molar-refractivity contribution in [3.8, 4) is 0 Å². The Kier molecular flexibility index (Phi) is 11.3. The fraction of sp³-hybridized carbons (Fsp3) is 0.750. The van der Waals surface area contributed by atoms with Crippen LogP contribution in [0.15, 0.2) is 12.2 Å². The Balaban J connectivity index is 0. The van der Waals surface area contributed by atoms with Crippen LogP contribution in [-0.4, -0.2) is 45.4 Å². The van der Waals surface area contributed by atoms with Crippen LogP contribution < -0.4 is 6.15 Å². The van der Waals surface area contributed by atoms with Crippen LogP contribution in [0.3, 0.4) is 0 Å². The lowest BCUT2D eigenvalue weighted by atomic mass is 10.1. The molecule has 9 heteroatoms. The summed E-state index contributed by atoms with van der Waals surface area (Å²) >= 11 is 0. The zero-order chi connectivity index (χ0) is 15.8. The molecule has 126 valence electrons. The normalized spacial score (nSPS) is 12.6. The predicted octanol–water partition coefficient (Wildman–Crippen LogP) is 0.953. The van der Waals surface area contributed by atoms with E-state index in [0.717, 1.165) is 0 Å². The summed E-state index contributed by atoms with van der Waals surface area (Å²) in [7, 11) is -4.15. The van der Waals surface area contributed by atoms with Crippen molar-refractivity contribution >= 4 is 16.4 Å². The van der Waals surface area contributed by atoms with Gasteiger partial charge in [-0.1, -0.05) is 20.4 Å². The molecule has 0 spiro atoms. The molecule has 0 aromatic rings. The first kappa shape index (κ1) is 22.3. The number of esters is 1. The van der Waals surface area contributed by atoms with Crippen molar-refractivity contribution in [1.29, 1.82) is 0 Å². The van der Waals surface area contributed by atoms with Crippen LogP contribution >= 0.6 is 0 Å². The summed E-state index contributed by atoms with van der Waals surface area (Å²) in [5.41, 5.74) is 0.268. The first-order valence-corrected chi connectivity index (χ1v) is 7.53. The Labute approximate surface area is 126 Å². The molecule has 0 rings (SSSR count). The van der Waals surface area contributed by atoms with Crippen molar-refractivity contribution in [2.75, 3.05) is 19.8 Å². The van der Waals surface area contributed by atoms with E-state index in [1.165, 1.54) is 6.92 Å². The number of carbonyl (C=O) groups is 1. The highest BCUT2D eigenvalue weighted by molar-refractivity contribution is 7.81. The van der Waals surface area contributed by atoms with Gasteiger partial charge in [0.25, 0.3) is 0 Å². The first-order chi connectivity index (χ1) is 9.15. The average molecular weight is 327 g/mol. The molecule has 0 aliphatic rings. The third-order valence-electron chi connectivity index (χ3n) is 2.25. The summed E-state index contributed by atoms with van der Waals surface area (Å²) in [5.74, 6) is -0.657. The number of carbonyl (C=O) groups excluding carboxylic acids is 1. The van der Waals surface area contributed by atoms with E-state index in [2.05, 4.69) is 14.9 Å². The summed E-state index contributed by atoms with van der Waals surface area (Å²) < 4.78 is 36.3. The zero-order valence-corrected chi connectivity index (χ0v) is 13.5. The van der Waals surface area contributed by atoms with Crippen LogP contribution in [-0.2, 0) is 28.3 Å². The van der Waals surface area contributed by atoms with Crippen molar-refractivity contribution in [3.05, 3.63) is 12.2 Å². The molecule has 0 aliphatic carbocycles. The number of ether oxygens (including phenoxy) is 1. The molecular weight excluding hydrogens is 302 g/mol. The van der Waals surface area contributed by atoms with Gasteiger partial charge in [-0.25, -0.2) is 13.2 Å².